The van der Waals surface area contributed by atoms with Gasteiger partial charge in [-0.3, -0.25) is 4.79 Å². The number of nitrogens with one attached hydrogen (secondary N) is 3. The Labute approximate surface area is 128 Å². The molecule has 0 atom stereocenters. The van der Waals surface area contributed by atoms with Crippen LogP contribution in [0.3, 0.4) is 0 Å². The molecule has 3 N–H and O–H groups in total. The number of esters is 1. The van der Waals surface area contributed by atoms with Crippen LogP contribution in [0.15, 0.2) is 36.4 Å². The standard InChI is InChI=1S/C15H19N3O4/c1-10(2)14(20)22-8-7-16-15(21)18-13-6-4-5-12(9-13)17-11(3)19/h4-6,9H,1,7-8H2,2-3H3,(H,17,19)(H2,16,18,21). The number of carbonyl (C=O) groups excluding carboxylic acids is 3. The van der Waals surface area contributed by atoms with Gasteiger partial charge in [0.15, 0.2) is 0 Å². The maximum Gasteiger partial charge on any atom is 0.333 e. The van der Waals surface area contributed by atoms with Gasteiger partial charge < -0.3 is 20.7 Å². The van der Waals surface area contributed by atoms with E-state index in [1.54, 1.807) is 31.2 Å². The first-order chi connectivity index (χ1) is 10.4. The van der Waals surface area contributed by atoms with Crippen LogP contribution in [0.1, 0.15) is 13.8 Å². The smallest absolute Gasteiger partial charge is 0.333 e. The minimum atomic E-state index is -0.495. The number of hydrogen-bond acceptors (Lipinski definition) is 4. The van der Waals surface area contributed by atoms with Gasteiger partial charge in [-0.05, 0) is 25.1 Å². The average Bonchev–Trinajstić information content (AvgIpc) is 2.42. The van der Waals surface area contributed by atoms with Crippen molar-refractivity contribution in [2.24, 2.45) is 0 Å². The van der Waals surface area contributed by atoms with Crippen molar-refractivity contribution in [3.8, 4) is 0 Å². The summed E-state index contributed by atoms with van der Waals surface area (Å²) in [6, 6.07) is 6.29. The molecule has 22 heavy (non-hydrogen) atoms. The molecule has 7 nitrogen and oxygen atoms in total. The Morgan fingerprint density at radius 3 is 2.36 bits per heavy atom. The number of carbonyl (C=O) groups is 3. The maximum atomic E-state index is 11.7. The van der Waals surface area contributed by atoms with E-state index in [0.717, 1.165) is 0 Å². The maximum absolute atomic E-state index is 11.7. The first kappa shape index (κ1) is 17.2. The van der Waals surface area contributed by atoms with Gasteiger partial charge in [0.2, 0.25) is 5.91 Å². The molecular formula is C15H19N3O4. The molecule has 0 aliphatic rings. The third-order valence-corrected chi connectivity index (χ3v) is 2.41. The predicted molar refractivity (Wildman–Crippen MR) is 83.5 cm³/mol. The van der Waals surface area contributed by atoms with Crippen LogP contribution >= 0.6 is 0 Å². The normalized spacial score (nSPS) is 9.55. The Bertz CT molecular complexity index is 584. The SMILES string of the molecule is C=C(C)C(=O)OCCNC(=O)Nc1cccc(NC(C)=O)c1. The van der Waals surface area contributed by atoms with Crippen LogP contribution in [0.4, 0.5) is 16.2 Å². The molecule has 0 saturated heterocycles. The van der Waals surface area contributed by atoms with Gasteiger partial charge in [0.05, 0.1) is 6.54 Å². The molecule has 1 aromatic carbocycles. The first-order valence-corrected chi connectivity index (χ1v) is 6.63. The average molecular weight is 305 g/mol. The predicted octanol–water partition coefficient (Wildman–Crippen LogP) is 1.89. The van der Waals surface area contributed by atoms with E-state index in [1.807, 2.05) is 0 Å². The highest BCUT2D eigenvalue weighted by Crippen LogP contribution is 2.14. The Morgan fingerprint density at radius 2 is 1.77 bits per heavy atom. The van der Waals surface area contributed by atoms with Gasteiger partial charge in [0, 0.05) is 23.9 Å². The number of amides is 3. The molecule has 0 heterocycles. The lowest BCUT2D eigenvalue weighted by Gasteiger charge is -2.09. The summed E-state index contributed by atoms with van der Waals surface area (Å²) in [6.07, 6.45) is 0. The Morgan fingerprint density at radius 1 is 1.14 bits per heavy atom. The molecule has 0 aromatic heterocycles. The highest BCUT2D eigenvalue weighted by molar-refractivity contribution is 5.92. The summed E-state index contributed by atoms with van der Waals surface area (Å²) in [5.74, 6) is -0.689. The van der Waals surface area contributed by atoms with Gasteiger partial charge in [-0.2, -0.15) is 0 Å². The molecule has 0 unspecified atom stereocenters. The second kappa shape index (κ2) is 8.46. The number of anilines is 2. The fourth-order valence-corrected chi connectivity index (χ4v) is 1.48. The van der Waals surface area contributed by atoms with Crippen molar-refractivity contribution in [3.05, 3.63) is 36.4 Å². The molecule has 1 rings (SSSR count). The lowest BCUT2D eigenvalue weighted by Crippen LogP contribution is -2.32. The summed E-state index contributed by atoms with van der Waals surface area (Å²) >= 11 is 0. The van der Waals surface area contributed by atoms with Gasteiger partial charge >= 0.3 is 12.0 Å². The lowest BCUT2D eigenvalue weighted by molar-refractivity contribution is -0.138. The van der Waals surface area contributed by atoms with Crippen molar-refractivity contribution in [1.82, 2.24) is 5.32 Å². The van der Waals surface area contributed by atoms with E-state index in [4.69, 9.17) is 4.74 Å². The van der Waals surface area contributed by atoms with E-state index in [2.05, 4.69) is 22.5 Å². The zero-order chi connectivity index (χ0) is 16.5. The number of hydrogen-bond donors (Lipinski definition) is 3. The van der Waals surface area contributed by atoms with Crippen molar-refractivity contribution >= 4 is 29.3 Å². The Kier molecular flexibility index (Phi) is 6.62. The third kappa shape index (κ3) is 6.56. The van der Waals surface area contributed by atoms with E-state index in [1.165, 1.54) is 6.92 Å². The molecule has 0 aliphatic carbocycles. The minimum absolute atomic E-state index is 0.0606. The summed E-state index contributed by atoms with van der Waals surface area (Å²) in [4.78, 5) is 33.7. The summed E-state index contributed by atoms with van der Waals surface area (Å²) in [6.45, 7) is 6.63. The lowest BCUT2D eigenvalue weighted by atomic mass is 10.3. The molecule has 1 aromatic rings. The zero-order valence-corrected chi connectivity index (χ0v) is 12.6. The summed E-state index contributed by atoms with van der Waals surface area (Å²) < 4.78 is 4.84. The highest BCUT2D eigenvalue weighted by Gasteiger charge is 2.05. The molecule has 0 aliphatic heterocycles. The molecule has 3 amide bonds. The fraction of sp³-hybridized carbons (Fsp3) is 0.267. The van der Waals surface area contributed by atoms with Crippen LogP contribution < -0.4 is 16.0 Å². The van der Waals surface area contributed by atoms with Gasteiger partial charge in [-0.25, -0.2) is 9.59 Å². The number of rotatable bonds is 6. The molecule has 118 valence electrons. The van der Waals surface area contributed by atoms with Crippen LogP contribution in [0.2, 0.25) is 0 Å². The summed E-state index contributed by atoms with van der Waals surface area (Å²) in [7, 11) is 0. The molecule has 0 spiro atoms. The van der Waals surface area contributed by atoms with Crippen LogP contribution in [0, 0.1) is 0 Å². The largest absolute Gasteiger partial charge is 0.460 e. The fourth-order valence-electron chi connectivity index (χ4n) is 1.48. The number of urea groups is 1. The molecule has 0 bridgehead atoms. The van der Waals surface area contributed by atoms with E-state index in [-0.39, 0.29) is 19.1 Å². The highest BCUT2D eigenvalue weighted by atomic mass is 16.5. The quantitative estimate of drug-likeness (QED) is 0.425. The van der Waals surface area contributed by atoms with E-state index >= 15 is 0 Å². The number of ether oxygens (including phenoxy) is 1. The second-order valence-electron chi connectivity index (χ2n) is 4.56. The van der Waals surface area contributed by atoms with E-state index in [0.29, 0.717) is 16.9 Å². The molecule has 0 fully saturated rings. The third-order valence-electron chi connectivity index (χ3n) is 2.41. The summed E-state index contributed by atoms with van der Waals surface area (Å²) in [5.41, 5.74) is 1.42. The summed E-state index contributed by atoms with van der Waals surface area (Å²) in [5, 5.41) is 7.77. The number of benzene rings is 1. The Balaban J connectivity index is 2.37. The van der Waals surface area contributed by atoms with Crippen molar-refractivity contribution in [2.75, 3.05) is 23.8 Å². The van der Waals surface area contributed by atoms with Crippen LogP contribution in [0.5, 0.6) is 0 Å². The minimum Gasteiger partial charge on any atom is -0.460 e. The molecular weight excluding hydrogens is 286 g/mol. The molecule has 7 heteroatoms. The van der Waals surface area contributed by atoms with Crippen molar-refractivity contribution < 1.29 is 19.1 Å². The Hall–Kier alpha value is -2.83. The van der Waals surface area contributed by atoms with Crippen molar-refractivity contribution in [1.29, 1.82) is 0 Å². The van der Waals surface area contributed by atoms with Crippen LogP contribution in [0.25, 0.3) is 0 Å². The van der Waals surface area contributed by atoms with Gasteiger partial charge in [-0.15, -0.1) is 0 Å². The van der Waals surface area contributed by atoms with Crippen LogP contribution in [-0.2, 0) is 14.3 Å². The molecule has 0 saturated carbocycles. The zero-order valence-electron chi connectivity index (χ0n) is 12.6. The van der Waals surface area contributed by atoms with Gasteiger partial charge in [0.25, 0.3) is 0 Å². The van der Waals surface area contributed by atoms with Crippen molar-refractivity contribution in [3.63, 3.8) is 0 Å². The molecule has 0 radical (unpaired) electrons. The van der Waals surface area contributed by atoms with E-state index in [9.17, 15) is 14.4 Å². The van der Waals surface area contributed by atoms with Gasteiger partial charge in [-0.1, -0.05) is 12.6 Å². The van der Waals surface area contributed by atoms with Gasteiger partial charge in [0.1, 0.15) is 6.61 Å². The van der Waals surface area contributed by atoms with Crippen molar-refractivity contribution in [2.45, 2.75) is 13.8 Å². The van der Waals surface area contributed by atoms with Crippen LogP contribution in [-0.4, -0.2) is 31.1 Å². The monoisotopic (exact) mass is 305 g/mol. The van der Waals surface area contributed by atoms with E-state index < -0.39 is 12.0 Å². The topological polar surface area (TPSA) is 96.5 Å². The first-order valence-electron chi connectivity index (χ1n) is 6.63. The second-order valence-corrected chi connectivity index (χ2v) is 4.56.